The lowest BCUT2D eigenvalue weighted by Gasteiger charge is -2.06. The van der Waals surface area contributed by atoms with Crippen molar-refractivity contribution < 1.29 is 23.0 Å². The van der Waals surface area contributed by atoms with Crippen molar-refractivity contribution >= 4 is 15.9 Å². The number of halogens is 4. The van der Waals surface area contributed by atoms with Crippen LogP contribution in [0.15, 0.2) is 16.6 Å². The molecular weight excluding hydrogens is 253 g/mol. The van der Waals surface area contributed by atoms with Gasteiger partial charge in [-0.1, -0.05) is 0 Å². The maximum Gasteiger partial charge on any atom is 0.387 e. The lowest BCUT2D eigenvalue weighted by molar-refractivity contribution is -0.0523. The average molecular weight is 257 g/mol. The zero-order valence-corrected chi connectivity index (χ0v) is 7.69. The van der Waals surface area contributed by atoms with Crippen LogP contribution in [0.1, 0.15) is 0 Å². The lowest BCUT2D eigenvalue weighted by Crippen LogP contribution is -2.03. The highest BCUT2D eigenvalue weighted by Gasteiger charge is 2.15. The second-order valence-corrected chi connectivity index (χ2v) is 2.94. The van der Waals surface area contributed by atoms with Gasteiger partial charge in [-0.15, -0.1) is 0 Å². The third-order valence-corrected chi connectivity index (χ3v) is 1.89. The Morgan fingerprint density at radius 2 is 2.00 bits per heavy atom. The van der Waals surface area contributed by atoms with E-state index in [1.165, 1.54) is 6.07 Å². The first kappa shape index (κ1) is 10.2. The minimum absolute atomic E-state index is 0.0756. The van der Waals surface area contributed by atoms with Crippen molar-refractivity contribution in [2.24, 2.45) is 0 Å². The summed E-state index contributed by atoms with van der Waals surface area (Å²) in [6.07, 6.45) is 0. The Morgan fingerprint density at radius 1 is 1.38 bits per heavy atom. The van der Waals surface area contributed by atoms with Gasteiger partial charge >= 0.3 is 6.61 Å². The molecule has 0 saturated carbocycles. The predicted molar refractivity (Wildman–Crippen MR) is 42.4 cm³/mol. The van der Waals surface area contributed by atoms with E-state index in [1.54, 1.807) is 0 Å². The van der Waals surface area contributed by atoms with Gasteiger partial charge < -0.3 is 9.84 Å². The fourth-order valence-corrected chi connectivity index (χ4v) is 1.02. The maximum absolute atomic E-state index is 12.9. The van der Waals surface area contributed by atoms with E-state index in [1.807, 2.05) is 0 Å². The van der Waals surface area contributed by atoms with Crippen LogP contribution in [0.2, 0.25) is 0 Å². The molecule has 0 amide bonds. The zero-order valence-electron chi connectivity index (χ0n) is 6.10. The molecule has 0 spiro atoms. The molecule has 0 unspecified atom stereocenters. The quantitative estimate of drug-likeness (QED) is 0.882. The average Bonchev–Trinajstić information content (AvgIpc) is 2.06. The highest BCUT2D eigenvalue weighted by molar-refractivity contribution is 9.10. The van der Waals surface area contributed by atoms with E-state index in [9.17, 15) is 13.2 Å². The van der Waals surface area contributed by atoms with Crippen LogP contribution in [-0.4, -0.2) is 11.7 Å². The predicted octanol–water partition coefficient (Wildman–Crippen LogP) is 2.90. The molecule has 1 rings (SSSR count). The van der Waals surface area contributed by atoms with Gasteiger partial charge in [0.25, 0.3) is 0 Å². The number of phenolic OH excluding ortho intramolecular Hbond substituents is 1. The summed E-state index contributed by atoms with van der Waals surface area (Å²) in [5.41, 5.74) is 0. The van der Waals surface area contributed by atoms with E-state index in [-0.39, 0.29) is 4.47 Å². The maximum atomic E-state index is 12.9. The third-order valence-electron chi connectivity index (χ3n) is 1.25. The molecule has 1 aromatic rings. The van der Waals surface area contributed by atoms with E-state index in [4.69, 9.17) is 5.11 Å². The van der Waals surface area contributed by atoms with Crippen LogP contribution >= 0.6 is 15.9 Å². The fraction of sp³-hybridized carbons (Fsp3) is 0.143. The van der Waals surface area contributed by atoms with Crippen LogP contribution in [0, 0.1) is 5.82 Å². The lowest BCUT2D eigenvalue weighted by atomic mass is 10.3. The molecule has 6 heteroatoms. The number of ether oxygens (including phenoxy) is 1. The zero-order chi connectivity index (χ0) is 10.0. The Bertz CT molecular complexity index is 317. The molecule has 0 saturated heterocycles. The van der Waals surface area contributed by atoms with E-state index < -0.39 is 23.9 Å². The molecule has 0 aromatic heterocycles. The Balaban J connectivity index is 3.04. The minimum atomic E-state index is -3.12. The molecule has 0 aliphatic heterocycles. The standard InChI is InChI=1S/C7H4BrF3O2/c8-3-1-2-4(13-7(10)11)5(9)6(3)12/h1-2,7,12H. The summed E-state index contributed by atoms with van der Waals surface area (Å²) in [5.74, 6) is -2.65. The molecule has 0 fully saturated rings. The van der Waals surface area contributed by atoms with Crippen molar-refractivity contribution in [2.45, 2.75) is 6.61 Å². The van der Waals surface area contributed by atoms with Crippen LogP contribution in [0.25, 0.3) is 0 Å². The normalized spacial score (nSPS) is 10.5. The van der Waals surface area contributed by atoms with Gasteiger partial charge in [-0.25, -0.2) is 0 Å². The van der Waals surface area contributed by atoms with E-state index in [0.29, 0.717) is 0 Å². The summed E-state index contributed by atoms with van der Waals surface area (Å²) in [6, 6.07) is 2.20. The van der Waals surface area contributed by atoms with Crippen LogP contribution in [-0.2, 0) is 0 Å². The second kappa shape index (κ2) is 3.87. The summed E-state index contributed by atoms with van der Waals surface area (Å²) in [5, 5.41) is 8.95. The highest BCUT2D eigenvalue weighted by Crippen LogP contribution is 2.33. The Hall–Kier alpha value is -0.910. The molecule has 0 aliphatic rings. The van der Waals surface area contributed by atoms with Gasteiger partial charge in [-0.2, -0.15) is 13.2 Å². The highest BCUT2D eigenvalue weighted by atomic mass is 79.9. The number of aromatic hydroxyl groups is 1. The largest absolute Gasteiger partial charge is 0.504 e. The molecule has 1 aromatic carbocycles. The summed E-state index contributed by atoms with van der Waals surface area (Å²) >= 11 is 2.81. The SMILES string of the molecule is Oc1c(Br)ccc(OC(F)F)c1F. The Labute approximate surface area is 80.1 Å². The molecule has 0 radical (unpaired) electrons. The van der Waals surface area contributed by atoms with Crippen molar-refractivity contribution in [1.82, 2.24) is 0 Å². The van der Waals surface area contributed by atoms with Crippen LogP contribution < -0.4 is 4.74 Å². The fourth-order valence-electron chi connectivity index (χ4n) is 0.709. The number of benzene rings is 1. The van der Waals surface area contributed by atoms with Gasteiger partial charge in [0.15, 0.2) is 11.5 Å². The number of hydrogen-bond acceptors (Lipinski definition) is 2. The Kier molecular flexibility index (Phi) is 3.02. The number of hydrogen-bond donors (Lipinski definition) is 1. The molecular formula is C7H4BrF3O2. The third kappa shape index (κ3) is 2.27. The number of phenols is 1. The first-order valence-electron chi connectivity index (χ1n) is 3.14. The van der Waals surface area contributed by atoms with Gasteiger partial charge in [-0.3, -0.25) is 0 Å². The minimum Gasteiger partial charge on any atom is -0.504 e. The van der Waals surface area contributed by atoms with E-state index >= 15 is 0 Å². The van der Waals surface area contributed by atoms with Gasteiger partial charge in [0, 0.05) is 0 Å². The van der Waals surface area contributed by atoms with Crippen LogP contribution in [0.3, 0.4) is 0 Å². The summed E-state index contributed by atoms with van der Waals surface area (Å²) in [7, 11) is 0. The topological polar surface area (TPSA) is 29.5 Å². The molecule has 0 atom stereocenters. The Morgan fingerprint density at radius 3 is 2.54 bits per heavy atom. The van der Waals surface area contributed by atoms with Gasteiger partial charge in [-0.05, 0) is 28.1 Å². The van der Waals surface area contributed by atoms with Crippen molar-refractivity contribution in [3.63, 3.8) is 0 Å². The summed E-state index contributed by atoms with van der Waals surface area (Å²) in [4.78, 5) is 0. The van der Waals surface area contributed by atoms with Gasteiger partial charge in [0.05, 0.1) is 4.47 Å². The molecule has 0 aliphatic carbocycles. The molecule has 13 heavy (non-hydrogen) atoms. The number of alkyl halides is 2. The van der Waals surface area contributed by atoms with E-state index in [2.05, 4.69) is 20.7 Å². The molecule has 1 N–H and O–H groups in total. The van der Waals surface area contributed by atoms with Crippen LogP contribution in [0.5, 0.6) is 11.5 Å². The van der Waals surface area contributed by atoms with Crippen molar-refractivity contribution in [1.29, 1.82) is 0 Å². The van der Waals surface area contributed by atoms with Gasteiger partial charge in [0.2, 0.25) is 5.82 Å². The molecule has 72 valence electrons. The second-order valence-electron chi connectivity index (χ2n) is 2.09. The monoisotopic (exact) mass is 256 g/mol. The summed E-state index contributed by atoms with van der Waals surface area (Å²) in [6.45, 7) is -3.12. The molecule has 0 bridgehead atoms. The van der Waals surface area contributed by atoms with E-state index in [0.717, 1.165) is 6.07 Å². The van der Waals surface area contributed by atoms with Gasteiger partial charge in [0.1, 0.15) is 0 Å². The first-order chi connectivity index (χ1) is 6.02. The van der Waals surface area contributed by atoms with Crippen molar-refractivity contribution in [3.8, 4) is 11.5 Å². The van der Waals surface area contributed by atoms with Crippen LogP contribution in [0.4, 0.5) is 13.2 Å². The smallest absolute Gasteiger partial charge is 0.387 e. The van der Waals surface area contributed by atoms with Crippen molar-refractivity contribution in [3.05, 3.63) is 22.4 Å². The molecule has 0 heterocycles. The molecule has 2 nitrogen and oxygen atoms in total. The first-order valence-corrected chi connectivity index (χ1v) is 3.93. The summed E-state index contributed by atoms with van der Waals surface area (Å²) < 4.78 is 40.1. The van der Waals surface area contributed by atoms with Crippen molar-refractivity contribution in [2.75, 3.05) is 0 Å². The number of rotatable bonds is 2.